The number of nitrogens with zero attached hydrogens (tertiary/aromatic N) is 3. The Bertz CT molecular complexity index is 451. The van der Waals surface area contributed by atoms with Gasteiger partial charge in [-0.1, -0.05) is 13.3 Å². The van der Waals surface area contributed by atoms with Gasteiger partial charge in [0.15, 0.2) is 5.96 Å². The van der Waals surface area contributed by atoms with Crippen LogP contribution in [0.3, 0.4) is 0 Å². The summed E-state index contributed by atoms with van der Waals surface area (Å²) in [5.41, 5.74) is 0. The molecule has 1 heterocycles. The third-order valence-electron chi connectivity index (χ3n) is 5.33. The number of nitrogens with one attached hydrogen (secondary N) is 2. The van der Waals surface area contributed by atoms with E-state index in [1.165, 1.54) is 0 Å². The fourth-order valence-corrected chi connectivity index (χ4v) is 5.02. The Kier molecular flexibility index (Phi) is 10.8. The van der Waals surface area contributed by atoms with Crippen LogP contribution < -0.4 is 10.6 Å². The number of hydrogen-bond acceptors (Lipinski definition) is 4. The van der Waals surface area contributed by atoms with Crippen LogP contribution in [0.2, 0.25) is 0 Å². The number of likely N-dealkylation sites (N-methyl/N-ethyl adjacent to an activating group) is 2. The van der Waals surface area contributed by atoms with Crippen LogP contribution in [-0.2, 0) is 10.8 Å². The van der Waals surface area contributed by atoms with Gasteiger partial charge in [-0.15, -0.1) is 24.0 Å². The van der Waals surface area contributed by atoms with Crippen molar-refractivity contribution < 1.29 is 4.21 Å². The first-order valence-electron chi connectivity index (χ1n) is 9.26. The van der Waals surface area contributed by atoms with Crippen molar-refractivity contribution in [3.8, 4) is 0 Å². The molecule has 0 aromatic carbocycles. The van der Waals surface area contributed by atoms with Crippen molar-refractivity contribution in [1.82, 2.24) is 20.4 Å². The van der Waals surface area contributed by atoms with Gasteiger partial charge in [0.1, 0.15) is 0 Å². The van der Waals surface area contributed by atoms with Crippen molar-refractivity contribution in [2.75, 3.05) is 53.1 Å². The fourth-order valence-electron chi connectivity index (χ4n) is 3.67. The maximum atomic E-state index is 12.1. The third-order valence-corrected chi connectivity index (χ3v) is 7.07. The van der Waals surface area contributed by atoms with Crippen molar-refractivity contribution in [3.05, 3.63) is 0 Å². The van der Waals surface area contributed by atoms with Gasteiger partial charge in [-0.25, -0.2) is 0 Å². The third kappa shape index (κ3) is 7.30. The minimum atomic E-state index is -0.680. The highest BCUT2D eigenvalue weighted by Gasteiger charge is 2.27. The fraction of sp³-hybridized carbons (Fsp3) is 0.941. The highest BCUT2D eigenvalue weighted by molar-refractivity contribution is 14.0. The molecule has 2 N–H and O–H groups in total. The second-order valence-corrected chi connectivity index (χ2v) is 9.15. The van der Waals surface area contributed by atoms with E-state index in [0.29, 0.717) is 17.3 Å². The molecule has 0 aromatic rings. The molecular weight excluding hydrogens is 449 g/mol. The maximum Gasteiger partial charge on any atom is 0.191 e. The van der Waals surface area contributed by atoms with Gasteiger partial charge in [0.25, 0.3) is 0 Å². The van der Waals surface area contributed by atoms with Crippen LogP contribution >= 0.6 is 24.0 Å². The summed E-state index contributed by atoms with van der Waals surface area (Å²) in [4.78, 5) is 9.19. The Morgan fingerprint density at radius 1 is 1.28 bits per heavy atom. The Balaban J connectivity index is 0.00000312. The monoisotopic (exact) mass is 485 g/mol. The average molecular weight is 485 g/mol. The number of piperazine rings is 1. The van der Waals surface area contributed by atoms with E-state index >= 15 is 0 Å². The zero-order valence-electron chi connectivity index (χ0n) is 16.2. The molecule has 0 bridgehead atoms. The van der Waals surface area contributed by atoms with Crippen LogP contribution in [-0.4, -0.2) is 90.4 Å². The van der Waals surface area contributed by atoms with Crippen LogP contribution in [0, 0.1) is 0 Å². The first-order chi connectivity index (χ1) is 11.5. The Morgan fingerprint density at radius 2 is 2.04 bits per heavy atom. The van der Waals surface area contributed by atoms with Gasteiger partial charge in [-0.2, -0.15) is 0 Å². The molecule has 148 valence electrons. The standard InChI is InChI=1S/C17H35N5OS.HI/c1-5-24(23)16-8-6-7-14(11-16)20-17(18-2)19-12-15-13-21(3)9-10-22(15)4;/h14-16H,5-13H2,1-4H3,(H2,18,19,20);1H. The summed E-state index contributed by atoms with van der Waals surface area (Å²) >= 11 is 0. The molecule has 2 rings (SSSR count). The highest BCUT2D eigenvalue weighted by Crippen LogP contribution is 2.22. The van der Waals surface area contributed by atoms with Gasteiger partial charge >= 0.3 is 0 Å². The molecule has 1 saturated carbocycles. The van der Waals surface area contributed by atoms with Crippen LogP contribution in [0.15, 0.2) is 4.99 Å². The normalized spacial score (nSPS) is 30.4. The number of rotatable bonds is 5. The first kappa shape index (κ1) is 23.1. The van der Waals surface area contributed by atoms with E-state index in [2.05, 4.69) is 39.5 Å². The number of halogens is 1. The minimum Gasteiger partial charge on any atom is -0.355 e. The van der Waals surface area contributed by atoms with E-state index in [1.807, 2.05) is 14.0 Å². The second kappa shape index (κ2) is 11.7. The van der Waals surface area contributed by atoms with Crippen molar-refractivity contribution in [2.45, 2.75) is 49.9 Å². The van der Waals surface area contributed by atoms with Crippen LogP contribution in [0.4, 0.5) is 0 Å². The van der Waals surface area contributed by atoms with E-state index in [-0.39, 0.29) is 24.0 Å². The van der Waals surface area contributed by atoms with Gasteiger partial charge in [0.2, 0.25) is 0 Å². The topological polar surface area (TPSA) is 60.0 Å². The molecule has 2 fully saturated rings. The maximum absolute atomic E-state index is 12.1. The van der Waals surface area contributed by atoms with Gasteiger partial charge in [0, 0.05) is 67.1 Å². The lowest BCUT2D eigenvalue weighted by atomic mass is 9.95. The SMILES string of the molecule is CCS(=O)C1CCCC(NC(=NC)NCC2CN(C)CCN2C)C1.I. The van der Waals surface area contributed by atoms with Gasteiger partial charge in [0.05, 0.1) is 0 Å². The molecule has 1 aliphatic heterocycles. The molecule has 0 spiro atoms. The predicted octanol–water partition coefficient (Wildman–Crippen LogP) is 1.10. The summed E-state index contributed by atoms with van der Waals surface area (Å²) in [6.45, 7) is 6.25. The van der Waals surface area contributed by atoms with Crippen molar-refractivity contribution in [1.29, 1.82) is 0 Å². The summed E-state index contributed by atoms with van der Waals surface area (Å²) in [6.07, 6.45) is 4.39. The quantitative estimate of drug-likeness (QED) is 0.347. The summed E-state index contributed by atoms with van der Waals surface area (Å²) < 4.78 is 12.1. The number of hydrogen-bond donors (Lipinski definition) is 2. The molecule has 1 saturated heterocycles. The van der Waals surface area contributed by atoms with Crippen molar-refractivity contribution in [2.24, 2.45) is 4.99 Å². The van der Waals surface area contributed by atoms with E-state index in [1.54, 1.807) is 0 Å². The summed E-state index contributed by atoms with van der Waals surface area (Å²) in [6, 6.07) is 0.895. The zero-order chi connectivity index (χ0) is 17.5. The molecule has 0 amide bonds. The van der Waals surface area contributed by atoms with E-state index in [0.717, 1.165) is 63.6 Å². The van der Waals surface area contributed by atoms with E-state index in [9.17, 15) is 4.21 Å². The molecular formula is C17H36IN5OS. The van der Waals surface area contributed by atoms with Gasteiger partial charge in [-0.05, 0) is 33.4 Å². The van der Waals surface area contributed by atoms with Gasteiger partial charge < -0.3 is 15.5 Å². The summed E-state index contributed by atoms with van der Waals surface area (Å²) in [7, 11) is 5.53. The van der Waals surface area contributed by atoms with Crippen molar-refractivity contribution >= 4 is 40.7 Å². The molecule has 4 atom stereocenters. The van der Waals surface area contributed by atoms with E-state index < -0.39 is 10.8 Å². The average Bonchev–Trinajstić information content (AvgIpc) is 2.60. The van der Waals surface area contributed by atoms with Gasteiger partial charge in [-0.3, -0.25) is 14.1 Å². The molecule has 25 heavy (non-hydrogen) atoms. The second-order valence-electron chi connectivity index (χ2n) is 7.15. The lowest BCUT2D eigenvalue weighted by molar-refractivity contribution is 0.116. The Labute approximate surface area is 173 Å². The molecule has 8 heteroatoms. The number of aliphatic imine (C=N–C) groups is 1. The highest BCUT2D eigenvalue weighted by atomic mass is 127. The smallest absolute Gasteiger partial charge is 0.191 e. The van der Waals surface area contributed by atoms with Crippen molar-refractivity contribution in [3.63, 3.8) is 0 Å². The summed E-state index contributed by atoms with van der Waals surface area (Å²) in [5, 5.41) is 7.39. The molecule has 0 radical (unpaired) electrons. The lowest BCUT2D eigenvalue weighted by Gasteiger charge is -2.38. The van der Waals surface area contributed by atoms with E-state index in [4.69, 9.17) is 0 Å². The predicted molar refractivity (Wildman–Crippen MR) is 119 cm³/mol. The zero-order valence-corrected chi connectivity index (χ0v) is 19.3. The van der Waals surface area contributed by atoms with Crippen LogP contribution in [0.25, 0.3) is 0 Å². The molecule has 4 unspecified atom stereocenters. The largest absolute Gasteiger partial charge is 0.355 e. The molecule has 6 nitrogen and oxygen atoms in total. The molecule has 0 aromatic heterocycles. The first-order valence-corrected chi connectivity index (χ1v) is 10.6. The van der Waals surface area contributed by atoms with Crippen LogP contribution in [0.1, 0.15) is 32.6 Å². The minimum absolute atomic E-state index is 0. The number of guanidine groups is 1. The Hall–Kier alpha value is 0.0700. The molecule has 2 aliphatic rings. The van der Waals surface area contributed by atoms with Crippen LogP contribution in [0.5, 0.6) is 0 Å². The lowest BCUT2D eigenvalue weighted by Crippen LogP contribution is -2.56. The molecule has 1 aliphatic carbocycles. The summed E-state index contributed by atoms with van der Waals surface area (Å²) in [5.74, 6) is 1.65. The Morgan fingerprint density at radius 3 is 2.72 bits per heavy atom.